The molecule has 1 atom stereocenters. The third kappa shape index (κ3) is 3.68. The molecule has 0 saturated heterocycles. The molecule has 1 aliphatic heterocycles. The molecule has 7 heteroatoms. The van der Waals surface area contributed by atoms with Gasteiger partial charge in [0, 0.05) is 18.7 Å². The molecule has 0 spiro atoms. The molecule has 1 unspecified atom stereocenters. The molecule has 2 aromatic rings. The van der Waals surface area contributed by atoms with Crippen molar-refractivity contribution in [3.63, 3.8) is 0 Å². The van der Waals surface area contributed by atoms with E-state index >= 15 is 0 Å². The third-order valence-electron chi connectivity index (χ3n) is 3.36. The number of rotatable bonds is 5. The first kappa shape index (κ1) is 15.5. The van der Waals surface area contributed by atoms with Crippen LogP contribution < -0.4 is 19.5 Å². The van der Waals surface area contributed by atoms with E-state index in [2.05, 4.69) is 5.32 Å². The van der Waals surface area contributed by atoms with Crippen LogP contribution >= 0.6 is 11.8 Å². The number of fused-ring (bicyclic) bond motifs is 1. The molecular formula is C16H16N2O4S. The van der Waals surface area contributed by atoms with Gasteiger partial charge in [0.1, 0.15) is 0 Å². The summed E-state index contributed by atoms with van der Waals surface area (Å²) < 4.78 is 11.3. The highest BCUT2D eigenvalue weighted by molar-refractivity contribution is 8.00. The summed E-state index contributed by atoms with van der Waals surface area (Å²) in [4.78, 5) is 12.2. The second-order valence-corrected chi connectivity index (χ2v) is 6.39. The molecule has 1 aromatic carbocycles. The van der Waals surface area contributed by atoms with Crippen LogP contribution in [0.25, 0.3) is 0 Å². The van der Waals surface area contributed by atoms with Crippen molar-refractivity contribution in [2.75, 3.05) is 6.79 Å². The summed E-state index contributed by atoms with van der Waals surface area (Å²) in [7, 11) is 0. The average molecular weight is 332 g/mol. The summed E-state index contributed by atoms with van der Waals surface area (Å²) in [6.07, 6.45) is 1.42. The van der Waals surface area contributed by atoms with E-state index in [1.165, 1.54) is 18.0 Å². The fourth-order valence-electron chi connectivity index (χ4n) is 2.12. The van der Waals surface area contributed by atoms with Gasteiger partial charge >= 0.3 is 0 Å². The summed E-state index contributed by atoms with van der Waals surface area (Å²) >= 11 is 1.23. The minimum atomic E-state index is -0.369. The van der Waals surface area contributed by atoms with E-state index in [1.54, 1.807) is 25.1 Å². The Bertz CT molecular complexity index is 723. The molecular weight excluding hydrogens is 316 g/mol. The van der Waals surface area contributed by atoms with E-state index in [0.717, 1.165) is 10.3 Å². The Labute approximate surface area is 138 Å². The molecule has 0 bridgehead atoms. The fourth-order valence-corrected chi connectivity index (χ4v) is 3.00. The largest absolute Gasteiger partial charge is 0.618 e. The lowest BCUT2D eigenvalue weighted by Gasteiger charge is -2.11. The van der Waals surface area contributed by atoms with Crippen molar-refractivity contribution in [2.45, 2.75) is 23.7 Å². The first-order chi connectivity index (χ1) is 11.1. The zero-order chi connectivity index (χ0) is 16.2. The first-order valence-corrected chi connectivity index (χ1v) is 8.02. The van der Waals surface area contributed by atoms with Gasteiger partial charge in [-0.2, -0.15) is 4.73 Å². The molecule has 0 radical (unpaired) electrons. The van der Waals surface area contributed by atoms with E-state index in [-0.39, 0.29) is 18.0 Å². The Balaban J connectivity index is 1.55. The van der Waals surface area contributed by atoms with E-state index < -0.39 is 0 Å². The molecule has 0 saturated carbocycles. The Morgan fingerprint density at radius 1 is 1.35 bits per heavy atom. The predicted molar refractivity (Wildman–Crippen MR) is 85.1 cm³/mol. The Morgan fingerprint density at radius 2 is 2.17 bits per heavy atom. The van der Waals surface area contributed by atoms with Crippen LogP contribution in [0, 0.1) is 5.21 Å². The van der Waals surface area contributed by atoms with E-state index in [4.69, 9.17) is 9.47 Å². The van der Waals surface area contributed by atoms with Crippen LogP contribution in [0.1, 0.15) is 12.5 Å². The number of nitrogens with one attached hydrogen (secondary N) is 1. The van der Waals surface area contributed by atoms with Crippen LogP contribution in [0.3, 0.4) is 0 Å². The second-order valence-electron chi connectivity index (χ2n) is 5.03. The van der Waals surface area contributed by atoms with Crippen molar-refractivity contribution in [2.24, 2.45) is 0 Å². The van der Waals surface area contributed by atoms with Crippen LogP contribution in [0.2, 0.25) is 0 Å². The zero-order valence-electron chi connectivity index (χ0n) is 12.5. The number of benzene rings is 1. The van der Waals surface area contributed by atoms with Crippen LogP contribution in [-0.4, -0.2) is 18.0 Å². The van der Waals surface area contributed by atoms with Gasteiger partial charge in [0.25, 0.3) is 5.03 Å². The Kier molecular flexibility index (Phi) is 4.57. The summed E-state index contributed by atoms with van der Waals surface area (Å²) in [5.74, 6) is 1.28. The quantitative estimate of drug-likeness (QED) is 0.514. The lowest BCUT2D eigenvalue weighted by Crippen LogP contribution is -2.33. The predicted octanol–water partition coefficient (Wildman–Crippen LogP) is 1.85. The smallest absolute Gasteiger partial charge is 0.252 e. The van der Waals surface area contributed by atoms with Crippen molar-refractivity contribution in [3.05, 3.63) is 53.4 Å². The minimum absolute atomic E-state index is 0.128. The lowest BCUT2D eigenvalue weighted by atomic mass is 10.2. The maximum Gasteiger partial charge on any atom is 0.252 e. The van der Waals surface area contributed by atoms with Gasteiger partial charge in [-0.05, 0) is 42.4 Å². The molecule has 0 aliphatic carbocycles. The molecule has 1 amide bonds. The maximum atomic E-state index is 12.2. The van der Waals surface area contributed by atoms with Crippen LogP contribution in [-0.2, 0) is 11.3 Å². The highest BCUT2D eigenvalue weighted by Gasteiger charge is 2.19. The van der Waals surface area contributed by atoms with Gasteiger partial charge < -0.3 is 20.0 Å². The molecule has 23 heavy (non-hydrogen) atoms. The molecule has 0 fully saturated rings. The number of amides is 1. The number of carbonyl (C=O) groups excluding carboxylic acids is 1. The molecule has 1 N–H and O–H groups in total. The Morgan fingerprint density at radius 3 is 3.00 bits per heavy atom. The second kappa shape index (κ2) is 6.78. The lowest BCUT2D eigenvalue weighted by molar-refractivity contribution is -0.645. The molecule has 1 aromatic heterocycles. The Hall–Kier alpha value is -2.41. The normalized spacial score (nSPS) is 13.6. The standard InChI is InChI=1S/C16H16N2O4S/c1-11(23-15-4-2-3-7-18(15)20)16(19)17-9-12-5-6-13-14(8-12)22-10-21-13/h2-8,11H,9-10H2,1H3,(H,17,19). The molecule has 2 heterocycles. The van der Waals surface area contributed by atoms with Gasteiger partial charge in [-0.25, -0.2) is 0 Å². The van der Waals surface area contributed by atoms with Gasteiger partial charge in [0.15, 0.2) is 17.7 Å². The summed E-state index contributed by atoms with van der Waals surface area (Å²) in [5.41, 5.74) is 0.929. The van der Waals surface area contributed by atoms with Crippen LogP contribution in [0.4, 0.5) is 0 Å². The summed E-state index contributed by atoms with van der Waals surface area (Å²) in [5, 5.41) is 14.6. The summed E-state index contributed by atoms with van der Waals surface area (Å²) in [6.45, 7) is 2.39. The minimum Gasteiger partial charge on any atom is -0.618 e. The number of hydrogen-bond acceptors (Lipinski definition) is 5. The SMILES string of the molecule is CC(Sc1cccc[n+]1[O-])C(=O)NCc1ccc2c(c1)OCO2. The average Bonchev–Trinajstić information content (AvgIpc) is 3.02. The topological polar surface area (TPSA) is 74.5 Å². The number of nitrogens with zero attached hydrogens (tertiary/aromatic N) is 1. The van der Waals surface area contributed by atoms with E-state index in [1.807, 2.05) is 18.2 Å². The van der Waals surface area contributed by atoms with Crippen molar-refractivity contribution in [1.29, 1.82) is 0 Å². The first-order valence-electron chi connectivity index (χ1n) is 7.14. The van der Waals surface area contributed by atoms with Gasteiger partial charge in [-0.1, -0.05) is 6.07 Å². The monoisotopic (exact) mass is 332 g/mol. The number of hydrogen-bond donors (Lipinski definition) is 1. The van der Waals surface area contributed by atoms with Crippen molar-refractivity contribution >= 4 is 17.7 Å². The van der Waals surface area contributed by atoms with Crippen molar-refractivity contribution < 1.29 is 19.0 Å². The highest BCUT2D eigenvalue weighted by Crippen LogP contribution is 2.32. The van der Waals surface area contributed by atoms with E-state index in [0.29, 0.717) is 23.1 Å². The van der Waals surface area contributed by atoms with Gasteiger partial charge in [0.05, 0.1) is 5.25 Å². The molecule has 3 rings (SSSR count). The van der Waals surface area contributed by atoms with E-state index in [9.17, 15) is 10.0 Å². The number of aromatic nitrogens is 1. The maximum absolute atomic E-state index is 12.2. The van der Waals surface area contributed by atoms with Crippen LogP contribution in [0.15, 0.2) is 47.6 Å². The van der Waals surface area contributed by atoms with Crippen molar-refractivity contribution in [3.8, 4) is 11.5 Å². The van der Waals surface area contributed by atoms with Gasteiger partial charge in [-0.15, -0.1) is 0 Å². The number of pyridine rings is 1. The number of ether oxygens (including phenoxy) is 2. The molecule has 6 nitrogen and oxygen atoms in total. The molecule has 1 aliphatic rings. The van der Waals surface area contributed by atoms with Gasteiger partial charge in [0.2, 0.25) is 12.7 Å². The van der Waals surface area contributed by atoms with Crippen molar-refractivity contribution in [1.82, 2.24) is 5.32 Å². The number of carbonyl (C=O) groups is 1. The fraction of sp³-hybridized carbons (Fsp3) is 0.250. The third-order valence-corrected chi connectivity index (χ3v) is 4.48. The highest BCUT2D eigenvalue weighted by atomic mass is 32.2. The number of thioether (sulfide) groups is 1. The van der Waals surface area contributed by atoms with Crippen LogP contribution in [0.5, 0.6) is 11.5 Å². The summed E-state index contributed by atoms with van der Waals surface area (Å²) in [6, 6.07) is 10.7. The zero-order valence-corrected chi connectivity index (χ0v) is 13.3. The van der Waals surface area contributed by atoms with Gasteiger partial charge in [-0.3, -0.25) is 4.79 Å². The molecule has 120 valence electrons.